The SMILES string of the molecule is C=CCn1nnnc1SC(c1ccc(F)cc1)c1ccc(F)cc1. The highest BCUT2D eigenvalue weighted by atomic mass is 32.2. The predicted octanol–water partition coefficient (Wildman–Crippen LogP) is 4.02. The fourth-order valence-electron chi connectivity index (χ4n) is 2.23. The molecule has 7 heteroatoms. The number of nitrogens with zero attached hydrogens (tertiary/aromatic N) is 4. The van der Waals surface area contributed by atoms with Crippen molar-refractivity contribution < 1.29 is 8.78 Å². The molecule has 0 atom stereocenters. The number of thioether (sulfide) groups is 1. The molecule has 0 aliphatic rings. The van der Waals surface area contributed by atoms with Crippen LogP contribution in [0, 0.1) is 11.6 Å². The van der Waals surface area contributed by atoms with E-state index in [1.807, 2.05) is 0 Å². The third-order valence-corrected chi connectivity index (χ3v) is 4.65. The van der Waals surface area contributed by atoms with Crippen LogP contribution in [-0.4, -0.2) is 20.2 Å². The lowest BCUT2D eigenvalue weighted by Crippen LogP contribution is -2.03. The summed E-state index contributed by atoms with van der Waals surface area (Å²) in [5, 5.41) is 12.0. The number of halogens is 2. The molecule has 24 heavy (non-hydrogen) atoms. The second kappa shape index (κ2) is 7.35. The highest BCUT2D eigenvalue weighted by Gasteiger charge is 2.19. The van der Waals surface area contributed by atoms with E-state index in [-0.39, 0.29) is 16.9 Å². The predicted molar refractivity (Wildman–Crippen MR) is 88.5 cm³/mol. The first kappa shape index (κ1) is 16.3. The van der Waals surface area contributed by atoms with Gasteiger partial charge in [0.15, 0.2) is 0 Å². The Morgan fingerprint density at radius 3 is 2.04 bits per heavy atom. The largest absolute Gasteiger partial charge is 0.217 e. The van der Waals surface area contributed by atoms with Crippen LogP contribution in [0.3, 0.4) is 0 Å². The molecule has 3 aromatic rings. The Morgan fingerprint density at radius 2 is 1.54 bits per heavy atom. The zero-order chi connectivity index (χ0) is 16.9. The van der Waals surface area contributed by atoms with E-state index in [9.17, 15) is 8.78 Å². The summed E-state index contributed by atoms with van der Waals surface area (Å²) in [6.45, 7) is 4.16. The standard InChI is InChI=1S/C17H14F2N4S/c1-2-11-23-17(20-21-22-23)24-16(12-3-7-14(18)8-4-12)13-5-9-15(19)10-6-13/h2-10,16H,1,11H2. The van der Waals surface area contributed by atoms with E-state index in [2.05, 4.69) is 22.1 Å². The van der Waals surface area contributed by atoms with Gasteiger partial charge >= 0.3 is 0 Å². The third-order valence-electron chi connectivity index (χ3n) is 3.37. The smallest absolute Gasteiger partial charge is 0.210 e. The van der Waals surface area contributed by atoms with Crippen LogP contribution in [0.2, 0.25) is 0 Å². The highest BCUT2D eigenvalue weighted by molar-refractivity contribution is 7.99. The van der Waals surface area contributed by atoms with Crippen LogP contribution in [0.1, 0.15) is 16.4 Å². The minimum absolute atomic E-state index is 0.194. The monoisotopic (exact) mass is 344 g/mol. The summed E-state index contributed by atoms with van der Waals surface area (Å²) < 4.78 is 28.1. The maximum absolute atomic E-state index is 13.2. The van der Waals surface area contributed by atoms with Crippen LogP contribution in [0.4, 0.5) is 8.78 Å². The zero-order valence-electron chi connectivity index (χ0n) is 12.6. The Hall–Kier alpha value is -2.54. The van der Waals surface area contributed by atoms with Gasteiger partial charge in [0.1, 0.15) is 11.6 Å². The van der Waals surface area contributed by atoms with Crippen molar-refractivity contribution in [2.75, 3.05) is 0 Å². The van der Waals surface area contributed by atoms with Gasteiger partial charge < -0.3 is 0 Å². The number of aromatic nitrogens is 4. The minimum Gasteiger partial charge on any atom is -0.217 e. The molecule has 0 N–H and O–H groups in total. The van der Waals surface area contributed by atoms with Gasteiger partial charge in [0, 0.05) is 0 Å². The van der Waals surface area contributed by atoms with E-state index in [1.54, 1.807) is 35.0 Å². The van der Waals surface area contributed by atoms with Crippen molar-refractivity contribution in [1.82, 2.24) is 20.2 Å². The average molecular weight is 344 g/mol. The van der Waals surface area contributed by atoms with Gasteiger partial charge in [-0.15, -0.1) is 11.7 Å². The van der Waals surface area contributed by atoms with Crippen molar-refractivity contribution in [2.45, 2.75) is 17.0 Å². The molecule has 0 radical (unpaired) electrons. The van der Waals surface area contributed by atoms with Crippen molar-refractivity contribution in [3.63, 3.8) is 0 Å². The van der Waals surface area contributed by atoms with Crippen molar-refractivity contribution in [3.05, 3.63) is 83.9 Å². The molecule has 0 aliphatic carbocycles. The van der Waals surface area contributed by atoms with Gasteiger partial charge in [-0.1, -0.05) is 42.1 Å². The highest BCUT2D eigenvalue weighted by Crippen LogP contribution is 2.39. The Balaban J connectivity index is 1.98. The normalized spacial score (nSPS) is 11.0. The van der Waals surface area contributed by atoms with E-state index >= 15 is 0 Å². The van der Waals surface area contributed by atoms with Crippen molar-refractivity contribution in [1.29, 1.82) is 0 Å². The van der Waals surface area contributed by atoms with Crippen molar-refractivity contribution >= 4 is 11.8 Å². The zero-order valence-corrected chi connectivity index (χ0v) is 13.5. The van der Waals surface area contributed by atoms with Crippen LogP contribution in [0.15, 0.2) is 66.3 Å². The first-order chi connectivity index (χ1) is 11.7. The molecule has 0 spiro atoms. The van der Waals surface area contributed by atoms with E-state index in [0.717, 1.165) is 11.1 Å². The molecule has 0 bridgehead atoms. The molecule has 0 fully saturated rings. The molecule has 0 unspecified atom stereocenters. The summed E-state index contributed by atoms with van der Waals surface area (Å²) in [5.74, 6) is -0.615. The van der Waals surface area contributed by atoms with Crippen molar-refractivity contribution in [2.24, 2.45) is 0 Å². The molecule has 122 valence electrons. The Labute approximate surface area is 142 Å². The molecule has 0 saturated carbocycles. The van der Waals surface area contributed by atoms with E-state index in [0.29, 0.717) is 11.7 Å². The minimum atomic E-state index is -0.307. The molecule has 3 rings (SSSR count). The second-order valence-corrected chi connectivity index (χ2v) is 6.11. The first-order valence-corrected chi connectivity index (χ1v) is 8.10. The summed E-state index contributed by atoms with van der Waals surface area (Å²) in [4.78, 5) is 0. The van der Waals surface area contributed by atoms with Gasteiger partial charge in [0.2, 0.25) is 5.16 Å². The Morgan fingerprint density at radius 1 is 1.00 bits per heavy atom. The fraction of sp³-hybridized carbons (Fsp3) is 0.118. The van der Waals surface area contributed by atoms with Crippen LogP contribution < -0.4 is 0 Å². The summed E-state index contributed by atoms with van der Waals surface area (Å²) in [5.41, 5.74) is 1.75. The molecule has 0 saturated heterocycles. The van der Waals surface area contributed by atoms with E-state index in [4.69, 9.17) is 0 Å². The quantitative estimate of drug-likeness (QED) is 0.500. The van der Waals surface area contributed by atoms with Gasteiger partial charge in [0.05, 0.1) is 11.8 Å². The number of allylic oxidation sites excluding steroid dienone is 1. The Kier molecular flexibility index (Phi) is 5.00. The lowest BCUT2D eigenvalue weighted by atomic mass is 10.0. The number of hydrogen-bond acceptors (Lipinski definition) is 4. The van der Waals surface area contributed by atoms with Crippen LogP contribution in [0.5, 0.6) is 0 Å². The number of tetrazole rings is 1. The maximum Gasteiger partial charge on any atom is 0.210 e. The number of hydrogen-bond donors (Lipinski definition) is 0. The van der Waals surface area contributed by atoms with Crippen LogP contribution >= 0.6 is 11.8 Å². The Bertz CT molecular complexity index is 770. The number of benzene rings is 2. The van der Waals surface area contributed by atoms with Gasteiger partial charge in [-0.3, -0.25) is 0 Å². The fourth-order valence-corrected chi connectivity index (χ4v) is 3.34. The molecule has 0 aliphatic heterocycles. The van der Waals surface area contributed by atoms with Gasteiger partial charge in [-0.05, 0) is 45.8 Å². The lowest BCUT2D eigenvalue weighted by Gasteiger charge is -2.17. The van der Waals surface area contributed by atoms with Crippen LogP contribution in [-0.2, 0) is 6.54 Å². The van der Waals surface area contributed by atoms with Gasteiger partial charge in [0.25, 0.3) is 0 Å². The van der Waals surface area contributed by atoms with Crippen LogP contribution in [0.25, 0.3) is 0 Å². The summed E-state index contributed by atoms with van der Waals surface area (Å²) in [6, 6.07) is 12.4. The molecule has 1 aromatic heterocycles. The molecule has 1 heterocycles. The van der Waals surface area contributed by atoms with Crippen molar-refractivity contribution in [3.8, 4) is 0 Å². The topological polar surface area (TPSA) is 43.6 Å². The third kappa shape index (κ3) is 3.68. The van der Waals surface area contributed by atoms with Gasteiger partial charge in [-0.2, -0.15) is 0 Å². The summed E-state index contributed by atoms with van der Waals surface area (Å²) in [6.07, 6.45) is 1.70. The molecular weight excluding hydrogens is 330 g/mol. The van der Waals surface area contributed by atoms with E-state index < -0.39 is 0 Å². The van der Waals surface area contributed by atoms with Gasteiger partial charge in [-0.25, -0.2) is 13.5 Å². The average Bonchev–Trinajstić information content (AvgIpc) is 3.02. The van der Waals surface area contributed by atoms with E-state index in [1.165, 1.54) is 36.0 Å². The maximum atomic E-state index is 13.2. The molecular formula is C17H14F2N4S. The number of rotatable bonds is 6. The molecule has 4 nitrogen and oxygen atoms in total. The lowest BCUT2D eigenvalue weighted by molar-refractivity contribution is 0.613. The summed E-state index contributed by atoms with van der Waals surface area (Å²) >= 11 is 1.41. The first-order valence-electron chi connectivity index (χ1n) is 7.22. The second-order valence-electron chi connectivity index (χ2n) is 5.03. The molecule has 2 aromatic carbocycles. The molecule has 0 amide bonds. The summed E-state index contributed by atoms with van der Waals surface area (Å²) in [7, 11) is 0.